The highest BCUT2D eigenvalue weighted by Gasteiger charge is 2.06. The monoisotopic (exact) mass is 234 g/mol. The number of rotatable bonds is 4. The van der Waals surface area contributed by atoms with Crippen LogP contribution >= 0.6 is 0 Å². The lowest BCUT2D eigenvalue weighted by molar-refractivity contribution is 0.0690. The average molecular weight is 234 g/mol. The second-order valence-corrected chi connectivity index (χ2v) is 3.28. The number of nitrogens with zero attached hydrogens (tertiary/aromatic N) is 5. The van der Waals surface area contributed by atoms with E-state index in [1.165, 1.54) is 12.3 Å². The van der Waals surface area contributed by atoms with Gasteiger partial charge in [0.25, 0.3) is 0 Å². The summed E-state index contributed by atoms with van der Waals surface area (Å²) in [4.78, 5) is 18.4. The molecule has 2 N–H and O–H groups in total. The van der Waals surface area contributed by atoms with Crippen molar-refractivity contribution < 1.29 is 9.90 Å². The van der Waals surface area contributed by atoms with Gasteiger partial charge in [0, 0.05) is 13.2 Å². The van der Waals surface area contributed by atoms with Gasteiger partial charge in [-0.25, -0.2) is 14.8 Å². The molecule has 0 bridgehead atoms. The lowest BCUT2D eigenvalue weighted by Gasteiger charge is -2.04. The Kier molecular flexibility index (Phi) is 2.95. The average Bonchev–Trinajstić information content (AvgIpc) is 2.72. The summed E-state index contributed by atoms with van der Waals surface area (Å²) in [6.45, 7) is 0.375. The number of hydrogen-bond acceptors (Lipinski definition) is 6. The molecule has 2 aromatic heterocycles. The summed E-state index contributed by atoms with van der Waals surface area (Å²) in [7, 11) is 1.81. The van der Waals surface area contributed by atoms with Crippen LogP contribution in [0.1, 0.15) is 16.3 Å². The molecule has 0 fully saturated rings. The Bertz CT molecular complexity index is 538. The number of aromatic nitrogens is 5. The Morgan fingerprint density at radius 1 is 1.59 bits per heavy atom. The third kappa shape index (κ3) is 2.54. The van der Waals surface area contributed by atoms with Gasteiger partial charge in [-0.15, -0.1) is 10.2 Å². The summed E-state index contributed by atoms with van der Waals surface area (Å²) < 4.78 is 1.74. The molecule has 8 nitrogen and oxygen atoms in total. The van der Waals surface area contributed by atoms with Gasteiger partial charge in [-0.3, -0.25) is 0 Å². The molecule has 2 aromatic rings. The van der Waals surface area contributed by atoms with Crippen molar-refractivity contribution in [2.24, 2.45) is 7.05 Å². The normalized spacial score (nSPS) is 10.2. The van der Waals surface area contributed by atoms with Gasteiger partial charge in [-0.2, -0.15) is 0 Å². The topological polar surface area (TPSA) is 106 Å². The molecule has 0 amide bonds. The van der Waals surface area contributed by atoms with E-state index in [4.69, 9.17) is 5.11 Å². The van der Waals surface area contributed by atoms with E-state index >= 15 is 0 Å². The summed E-state index contributed by atoms with van der Waals surface area (Å²) in [5.74, 6) is -0.142. The van der Waals surface area contributed by atoms with E-state index in [1.807, 2.05) is 7.05 Å². The van der Waals surface area contributed by atoms with Gasteiger partial charge in [0.1, 0.15) is 6.33 Å². The lowest BCUT2D eigenvalue weighted by Crippen LogP contribution is -2.10. The first-order valence-electron chi connectivity index (χ1n) is 4.80. The van der Waals surface area contributed by atoms with E-state index in [9.17, 15) is 4.79 Å². The minimum atomic E-state index is -1.09. The zero-order chi connectivity index (χ0) is 12.3. The van der Waals surface area contributed by atoms with E-state index in [0.29, 0.717) is 12.4 Å². The van der Waals surface area contributed by atoms with Gasteiger partial charge in [0.05, 0.1) is 6.54 Å². The quantitative estimate of drug-likeness (QED) is 0.761. The molecule has 0 aliphatic carbocycles. The predicted octanol–water partition coefficient (Wildman–Crippen LogP) is -0.0846. The molecule has 0 unspecified atom stereocenters. The fourth-order valence-corrected chi connectivity index (χ4v) is 1.19. The van der Waals surface area contributed by atoms with Crippen LogP contribution in [0.3, 0.4) is 0 Å². The molecule has 0 spiro atoms. The fourth-order valence-electron chi connectivity index (χ4n) is 1.19. The number of carboxylic acid groups (broad SMARTS) is 1. The second-order valence-electron chi connectivity index (χ2n) is 3.28. The van der Waals surface area contributed by atoms with E-state index < -0.39 is 5.97 Å². The number of aryl methyl sites for hydroxylation is 1. The number of hydrogen-bond donors (Lipinski definition) is 2. The molecule has 0 saturated carbocycles. The number of carbonyl (C=O) groups is 1. The van der Waals surface area contributed by atoms with Gasteiger partial charge < -0.3 is 15.0 Å². The molecule has 2 rings (SSSR count). The molecule has 2 heterocycles. The maximum Gasteiger partial charge on any atom is 0.354 e. The molecule has 0 aliphatic heterocycles. The predicted molar refractivity (Wildman–Crippen MR) is 57.3 cm³/mol. The molecule has 88 valence electrons. The molecule has 0 aromatic carbocycles. The van der Waals surface area contributed by atoms with Crippen molar-refractivity contribution in [2.45, 2.75) is 6.54 Å². The summed E-state index contributed by atoms with van der Waals surface area (Å²) in [5.41, 5.74) is -0.0551. The minimum absolute atomic E-state index is 0.0551. The van der Waals surface area contributed by atoms with Gasteiger partial charge in [0.15, 0.2) is 11.5 Å². The van der Waals surface area contributed by atoms with Crippen LogP contribution in [0.2, 0.25) is 0 Å². The summed E-state index contributed by atoms with van der Waals surface area (Å²) >= 11 is 0. The van der Waals surface area contributed by atoms with E-state index in [0.717, 1.165) is 0 Å². The second kappa shape index (κ2) is 4.56. The highest BCUT2D eigenvalue weighted by atomic mass is 16.4. The SMILES string of the molecule is Cn1cnnc1CNc1nccc(C(=O)O)n1. The van der Waals surface area contributed by atoms with Crippen molar-refractivity contribution in [1.29, 1.82) is 0 Å². The molecule has 0 atom stereocenters. The zero-order valence-electron chi connectivity index (χ0n) is 9.03. The number of aromatic carboxylic acids is 1. The maximum absolute atomic E-state index is 10.7. The Morgan fingerprint density at radius 2 is 2.41 bits per heavy atom. The van der Waals surface area contributed by atoms with Crippen molar-refractivity contribution in [3.63, 3.8) is 0 Å². The van der Waals surface area contributed by atoms with E-state index in [-0.39, 0.29) is 11.6 Å². The van der Waals surface area contributed by atoms with Crippen LogP contribution in [0.5, 0.6) is 0 Å². The number of carboxylic acids is 1. The van der Waals surface area contributed by atoms with Crippen LogP contribution in [0, 0.1) is 0 Å². The zero-order valence-corrected chi connectivity index (χ0v) is 9.03. The standard InChI is InChI=1S/C9H10N6O2/c1-15-5-12-14-7(15)4-11-9-10-3-2-6(13-9)8(16)17/h2-3,5H,4H2,1H3,(H,16,17)(H,10,11,13). The van der Waals surface area contributed by atoms with Crippen molar-refractivity contribution in [1.82, 2.24) is 24.7 Å². The van der Waals surface area contributed by atoms with Crippen LogP contribution in [-0.2, 0) is 13.6 Å². The first-order valence-corrected chi connectivity index (χ1v) is 4.80. The Hall–Kier alpha value is -2.51. The van der Waals surface area contributed by atoms with Crippen LogP contribution in [0.25, 0.3) is 0 Å². The van der Waals surface area contributed by atoms with E-state index in [1.54, 1.807) is 10.9 Å². The largest absolute Gasteiger partial charge is 0.477 e. The minimum Gasteiger partial charge on any atom is -0.477 e. The highest BCUT2D eigenvalue weighted by Crippen LogP contribution is 2.02. The Morgan fingerprint density at radius 3 is 3.06 bits per heavy atom. The summed E-state index contributed by atoms with van der Waals surface area (Å²) in [5, 5.41) is 19.2. The Labute approximate surface area is 96.4 Å². The fraction of sp³-hybridized carbons (Fsp3) is 0.222. The first-order chi connectivity index (χ1) is 8.16. The van der Waals surface area contributed by atoms with Crippen LogP contribution in [0.15, 0.2) is 18.6 Å². The third-order valence-electron chi connectivity index (χ3n) is 2.08. The molecular weight excluding hydrogens is 224 g/mol. The third-order valence-corrected chi connectivity index (χ3v) is 2.08. The summed E-state index contributed by atoms with van der Waals surface area (Å²) in [6, 6.07) is 1.33. The van der Waals surface area contributed by atoms with Crippen molar-refractivity contribution in [3.05, 3.63) is 30.1 Å². The smallest absolute Gasteiger partial charge is 0.354 e. The summed E-state index contributed by atoms with van der Waals surface area (Å²) in [6.07, 6.45) is 2.96. The molecule has 0 radical (unpaired) electrons. The molecule has 8 heteroatoms. The van der Waals surface area contributed by atoms with Gasteiger partial charge in [-0.1, -0.05) is 0 Å². The van der Waals surface area contributed by atoms with Crippen molar-refractivity contribution >= 4 is 11.9 Å². The Balaban J connectivity index is 2.07. The highest BCUT2D eigenvalue weighted by molar-refractivity contribution is 5.85. The van der Waals surface area contributed by atoms with Gasteiger partial charge in [-0.05, 0) is 6.07 Å². The van der Waals surface area contributed by atoms with Crippen molar-refractivity contribution in [3.8, 4) is 0 Å². The van der Waals surface area contributed by atoms with Crippen LogP contribution in [-0.4, -0.2) is 35.8 Å². The number of nitrogens with one attached hydrogen (secondary N) is 1. The molecular formula is C9H10N6O2. The molecule has 17 heavy (non-hydrogen) atoms. The first kappa shape index (κ1) is 11.0. The molecule has 0 saturated heterocycles. The van der Waals surface area contributed by atoms with Gasteiger partial charge >= 0.3 is 5.97 Å². The van der Waals surface area contributed by atoms with Crippen LogP contribution in [0.4, 0.5) is 5.95 Å². The van der Waals surface area contributed by atoms with E-state index in [2.05, 4.69) is 25.5 Å². The molecule has 0 aliphatic rings. The van der Waals surface area contributed by atoms with Crippen LogP contribution < -0.4 is 5.32 Å². The lowest BCUT2D eigenvalue weighted by atomic mass is 10.4. The van der Waals surface area contributed by atoms with Crippen molar-refractivity contribution in [2.75, 3.05) is 5.32 Å². The maximum atomic E-state index is 10.7. The van der Waals surface area contributed by atoms with Gasteiger partial charge in [0.2, 0.25) is 5.95 Å². The number of anilines is 1.